The van der Waals surface area contributed by atoms with E-state index in [0.717, 1.165) is 32.1 Å². The second-order valence-corrected chi connectivity index (χ2v) is 20.9. The molecule has 0 aromatic carbocycles. The minimum absolute atomic E-state index is 0.360. The molecule has 3 unspecified atom stereocenters. The number of amides is 1. The van der Waals surface area contributed by atoms with E-state index in [4.69, 9.17) is 0 Å². The molecule has 0 aromatic rings. The molecule has 5 nitrogen and oxygen atoms in total. The van der Waals surface area contributed by atoms with E-state index < -0.39 is 24.2 Å². The smallest absolute Gasteiger partial charge is 0.249 e. The molecule has 0 spiro atoms. The second-order valence-electron chi connectivity index (χ2n) is 20.9. The zero-order chi connectivity index (χ0) is 47.9. The Balaban J connectivity index is 3.45. The first-order chi connectivity index (χ1) is 32.6. The predicted octanol–water partition coefficient (Wildman–Crippen LogP) is 18.8. The quantitative estimate of drug-likeness (QED) is 0.0361. The molecule has 0 saturated heterocycles. The van der Waals surface area contributed by atoms with Gasteiger partial charge in [0.2, 0.25) is 5.91 Å². The molecule has 0 fully saturated rings. The maximum atomic E-state index is 12.5. The summed E-state index contributed by atoms with van der Waals surface area (Å²) >= 11 is 0. The van der Waals surface area contributed by atoms with E-state index in [-0.39, 0.29) is 6.61 Å². The number of carbonyl (C=O) groups excluding carboxylic acids is 1. The Morgan fingerprint density at radius 3 is 0.879 bits per heavy atom. The van der Waals surface area contributed by atoms with E-state index in [9.17, 15) is 20.1 Å². The van der Waals surface area contributed by atoms with Gasteiger partial charge in [-0.3, -0.25) is 4.79 Å². The van der Waals surface area contributed by atoms with Crippen LogP contribution in [-0.2, 0) is 4.79 Å². The predicted molar refractivity (Wildman–Crippen MR) is 292 cm³/mol. The maximum Gasteiger partial charge on any atom is 0.249 e. The molecule has 3 atom stereocenters. The molecule has 0 rings (SSSR count). The molecular formula is C61H119NO4. The van der Waals surface area contributed by atoms with Gasteiger partial charge in [0, 0.05) is 0 Å². The lowest BCUT2D eigenvalue weighted by molar-refractivity contribution is -0.131. The summed E-state index contributed by atoms with van der Waals surface area (Å²) in [6.45, 7) is 4.21. The van der Waals surface area contributed by atoms with Crippen molar-refractivity contribution in [2.24, 2.45) is 0 Å². The minimum Gasteiger partial charge on any atom is -0.394 e. The monoisotopic (exact) mass is 930 g/mol. The fourth-order valence-corrected chi connectivity index (χ4v) is 9.60. The molecule has 1 amide bonds. The third-order valence-corrected chi connectivity index (χ3v) is 14.3. The molecule has 0 aromatic heterocycles. The maximum absolute atomic E-state index is 12.5. The van der Waals surface area contributed by atoms with Crippen molar-refractivity contribution >= 4 is 5.91 Å². The highest BCUT2D eigenvalue weighted by atomic mass is 16.3. The van der Waals surface area contributed by atoms with Gasteiger partial charge in [0.15, 0.2) is 0 Å². The SMILES string of the molecule is CCCCCCCCCCCCCC/C=C/C(O)C(CO)NC(=O)C(O)CCCCCCCCCCCCCCCCCC/C=C\CCCCCCCCCCCCCCCCCCCC. The van der Waals surface area contributed by atoms with Gasteiger partial charge in [0.05, 0.1) is 18.8 Å². The Morgan fingerprint density at radius 1 is 0.364 bits per heavy atom. The van der Waals surface area contributed by atoms with Gasteiger partial charge in [-0.1, -0.05) is 314 Å². The van der Waals surface area contributed by atoms with E-state index in [0.29, 0.717) is 6.42 Å². The number of allylic oxidation sites excluding steroid dienone is 3. The number of hydrogen-bond donors (Lipinski definition) is 4. The molecule has 0 heterocycles. The average molecular weight is 931 g/mol. The first-order valence-electron chi connectivity index (χ1n) is 30.2. The van der Waals surface area contributed by atoms with Crippen LogP contribution in [0.4, 0.5) is 0 Å². The number of rotatable bonds is 56. The Hall–Kier alpha value is -1.17. The molecule has 0 aliphatic rings. The fourth-order valence-electron chi connectivity index (χ4n) is 9.60. The van der Waals surface area contributed by atoms with Crippen LogP contribution in [0.25, 0.3) is 0 Å². The van der Waals surface area contributed by atoms with Crippen molar-refractivity contribution in [2.45, 2.75) is 353 Å². The summed E-state index contributed by atoms with van der Waals surface area (Å²) in [7, 11) is 0. The van der Waals surface area contributed by atoms with Crippen LogP contribution in [-0.4, -0.2) is 46.1 Å². The standard InChI is InChI=1S/C61H119NO4/c1-3-5-7-9-11-13-15-17-19-20-21-22-23-24-25-26-27-28-29-30-31-32-33-34-35-36-37-38-39-40-41-42-44-46-48-50-52-54-56-60(65)61(66)62-58(57-63)59(64)55-53-51-49-47-45-43-18-16-14-12-10-8-6-4-2/h30-31,53,55,58-60,63-65H,3-29,32-52,54,56-57H2,1-2H3,(H,62,66)/b31-30-,55-53+. The normalized spacial score (nSPS) is 13.3. The Morgan fingerprint density at radius 2 is 0.606 bits per heavy atom. The Labute approximate surface area is 413 Å². The molecule has 0 aliphatic heterocycles. The van der Waals surface area contributed by atoms with E-state index in [1.54, 1.807) is 6.08 Å². The summed E-state index contributed by atoms with van der Waals surface area (Å²) < 4.78 is 0. The van der Waals surface area contributed by atoms with E-state index in [2.05, 4.69) is 31.3 Å². The van der Waals surface area contributed by atoms with Crippen LogP contribution >= 0.6 is 0 Å². The van der Waals surface area contributed by atoms with Crippen LogP contribution in [0.1, 0.15) is 335 Å². The summed E-state index contributed by atoms with van der Waals surface area (Å²) in [5.74, 6) is -0.498. The first kappa shape index (κ1) is 64.8. The second kappa shape index (κ2) is 56.4. The fraction of sp³-hybridized carbons (Fsp3) is 0.918. The van der Waals surface area contributed by atoms with Gasteiger partial charge < -0.3 is 20.6 Å². The third kappa shape index (κ3) is 50.7. The third-order valence-electron chi connectivity index (χ3n) is 14.3. The molecule has 0 bridgehead atoms. The topological polar surface area (TPSA) is 89.8 Å². The Bertz CT molecular complexity index is 982. The van der Waals surface area contributed by atoms with Gasteiger partial charge >= 0.3 is 0 Å². The van der Waals surface area contributed by atoms with Crippen LogP contribution in [0.15, 0.2) is 24.3 Å². The molecule has 392 valence electrons. The zero-order valence-corrected chi connectivity index (χ0v) is 44.9. The largest absolute Gasteiger partial charge is 0.394 e. The van der Waals surface area contributed by atoms with Gasteiger partial charge in [-0.15, -0.1) is 0 Å². The zero-order valence-electron chi connectivity index (χ0n) is 44.9. The van der Waals surface area contributed by atoms with Crippen LogP contribution in [0.2, 0.25) is 0 Å². The molecule has 0 saturated carbocycles. The molecule has 66 heavy (non-hydrogen) atoms. The number of nitrogens with one attached hydrogen (secondary N) is 1. The van der Waals surface area contributed by atoms with Crippen molar-refractivity contribution in [1.82, 2.24) is 5.32 Å². The summed E-state index contributed by atoms with van der Waals surface area (Å²) in [5, 5.41) is 33.3. The molecule has 0 radical (unpaired) electrons. The van der Waals surface area contributed by atoms with Crippen LogP contribution < -0.4 is 5.32 Å². The Kier molecular flexibility index (Phi) is 55.4. The van der Waals surface area contributed by atoms with Crippen molar-refractivity contribution in [3.63, 3.8) is 0 Å². The summed E-state index contributed by atoms with van der Waals surface area (Å²) in [5.41, 5.74) is 0. The molecular weight excluding hydrogens is 811 g/mol. The average Bonchev–Trinajstić information content (AvgIpc) is 3.32. The molecule has 4 N–H and O–H groups in total. The molecule has 0 aliphatic carbocycles. The number of unbranched alkanes of at least 4 members (excludes halogenated alkanes) is 46. The molecule has 5 heteroatoms. The van der Waals surface area contributed by atoms with Gasteiger partial charge in [0.1, 0.15) is 6.10 Å². The van der Waals surface area contributed by atoms with Crippen molar-refractivity contribution in [2.75, 3.05) is 6.61 Å². The number of hydrogen-bond acceptors (Lipinski definition) is 4. The van der Waals surface area contributed by atoms with E-state index in [1.807, 2.05) is 6.08 Å². The lowest BCUT2D eigenvalue weighted by Crippen LogP contribution is -2.48. The summed E-state index contributed by atoms with van der Waals surface area (Å²) in [4.78, 5) is 12.5. The highest BCUT2D eigenvalue weighted by Gasteiger charge is 2.22. The van der Waals surface area contributed by atoms with Crippen molar-refractivity contribution in [1.29, 1.82) is 0 Å². The first-order valence-corrected chi connectivity index (χ1v) is 30.2. The van der Waals surface area contributed by atoms with Gasteiger partial charge in [0.25, 0.3) is 0 Å². The highest BCUT2D eigenvalue weighted by molar-refractivity contribution is 5.80. The minimum atomic E-state index is -1.10. The lowest BCUT2D eigenvalue weighted by atomic mass is 10.0. The van der Waals surface area contributed by atoms with Crippen molar-refractivity contribution < 1.29 is 20.1 Å². The van der Waals surface area contributed by atoms with Gasteiger partial charge in [-0.25, -0.2) is 0 Å². The highest BCUT2D eigenvalue weighted by Crippen LogP contribution is 2.18. The number of aliphatic hydroxyl groups is 3. The lowest BCUT2D eigenvalue weighted by Gasteiger charge is -2.21. The summed E-state index contributed by atoms with van der Waals surface area (Å²) in [6, 6.07) is -0.795. The van der Waals surface area contributed by atoms with Crippen LogP contribution in [0.3, 0.4) is 0 Å². The van der Waals surface area contributed by atoms with E-state index >= 15 is 0 Å². The van der Waals surface area contributed by atoms with Crippen molar-refractivity contribution in [3.05, 3.63) is 24.3 Å². The number of carbonyl (C=O) groups is 1. The summed E-state index contributed by atoms with van der Waals surface area (Å²) in [6.07, 6.45) is 72.9. The number of aliphatic hydroxyl groups excluding tert-OH is 3. The van der Waals surface area contributed by atoms with Crippen LogP contribution in [0.5, 0.6) is 0 Å². The van der Waals surface area contributed by atoms with Crippen LogP contribution in [0, 0.1) is 0 Å². The van der Waals surface area contributed by atoms with Gasteiger partial charge in [-0.05, 0) is 44.9 Å². The van der Waals surface area contributed by atoms with E-state index in [1.165, 1.54) is 283 Å². The van der Waals surface area contributed by atoms with Crippen molar-refractivity contribution in [3.8, 4) is 0 Å². The van der Waals surface area contributed by atoms with Gasteiger partial charge in [-0.2, -0.15) is 0 Å².